The summed E-state index contributed by atoms with van der Waals surface area (Å²) in [7, 11) is 0. The molecule has 0 N–H and O–H groups in total. The second-order valence-corrected chi connectivity index (χ2v) is 5.67. The van der Waals surface area contributed by atoms with Crippen LogP contribution < -0.4 is 0 Å². The fraction of sp³-hybridized carbons (Fsp3) is 0.143. The molecule has 0 atom stereocenters. The molecule has 2 aromatic heterocycles. The fourth-order valence-electron chi connectivity index (χ4n) is 2.16. The first-order chi connectivity index (χ1) is 10.1. The van der Waals surface area contributed by atoms with Crippen molar-refractivity contribution in [1.82, 2.24) is 14.5 Å². The molecule has 3 nitrogen and oxygen atoms in total. The lowest BCUT2D eigenvalue weighted by atomic mass is 10.2. The van der Waals surface area contributed by atoms with Crippen LogP contribution in [0.3, 0.4) is 0 Å². The first kappa shape index (κ1) is 14.4. The van der Waals surface area contributed by atoms with Gasteiger partial charge in [-0.05, 0) is 34.1 Å². The van der Waals surface area contributed by atoms with E-state index in [1.807, 2.05) is 0 Å². The van der Waals surface area contributed by atoms with Gasteiger partial charge in [-0.3, -0.25) is 4.57 Å². The van der Waals surface area contributed by atoms with E-state index in [4.69, 9.17) is 11.6 Å². The number of rotatable bonds is 3. The van der Waals surface area contributed by atoms with Crippen molar-refractivity contribution in [3.63, 3.8) is 0 Å². The molecular weight excluding hydrogens is 364 g/mol. The molecule has 21 heavy (non-hydrogen) atoms. The van der Waals surface area contributed by atoms with E-state index in [9.17, 15) is 8.78 Å². The van der Waals surface area contributed by atoms with E-state index in [1.54, 1.807) is 12.3 Å². The van der Waals surface area contributed by atoms with Crippen molar-refractivity contribution in [3.8, 4) is 5.69 Å². The molecule has 1 aromatic carbocycles. The molecule has 2 heterocycles. The minimum atomic E-state index is -0.933. The number of halogens is 4. The molecule has 7 heteroatoms. The number of imidazole rings is 1. The maximum Gasteiger partial charge on any atom is 0.182 e. The summed E-state index contributed by atoms with van der Waals surface area (Å²) in [6.45, 7) is 0. The van der Waals surface area contributed by atoms with E-state index >= 15 is 0 Å². The molecule has 3 aromatic rings. The molecule has 0 saturated heterocycles. The number of benzene rings is 1. The summed E-state index contributed by atoms with van der Waals surface area (Å²) in [5, 5.41) is 0. The summed E-state index contributed by atoms with van der Waals surface area (Å²) in [4.78, 5) is 8.66. The second kappa shape index (κ2) is 5.69. The van der Waals surface area contributed by atoms with Gasteiger partial charge in [0.25, 0.3) is 0 Å². The Morgan fingerprint density at radius 2 is 2.10 bits per heavy atom. The molecule has 0 spiro atoms. The van der Waals surface area contributed by atoms with E-state index in [0.29, 0.717) is 29.3 Å². The number of alkyl halides is 1. The van der Waals surface area contributed by atoms with E-state index in [0.717, 1.165) is 10.5 Å². The van der Waals surface area contributed by atoms with Crippen molar-refractivity contribution >= 4 is 38.7 Å². The second-order valence-electron chi connectivity index (χ2n) is 4.37. The minimum Gasteiger partial charge on any atom is -0.278 e. The highest BCUT2D eigenvalue weighted by molar-refractivity contribution is 9.10. The van der Waals surface area contributed by atoms with Gasteiger partial charge in [-0.25, -0.2) is 18.7 Å². The highest BCUT2D eigenvalue weighted by atomic mass is 79.9. The zero-order valence-corrected chi connectivity index (χ0v) is 13.0. The van der Waals surface area contributed by atoms with Gasteiger partial charge in [0.15, 0.2) is 17.3 Å². The van der Waals surface area contributed by atoms with Crippen molar-refractivity contribution in [2.24, 2.45) is 0 Å². The number of hydrogen-bond acceptors (Lipinski definition) is 2. The molecule has 0 fully saturated rings. The Hall–Kier alpha value is -1.53. The highest BCUT2D eigenvalue weighted by Gasteiger charge is 2.18. The van der Waals surface area contributed by atoms with Gasteiger partial charge in [0, 0.05) is 23.0 Å². The smallest absolute Gasteiger partial charge is 0.182 e. The molecule has 0 amide bonds. The topological polar surface area (TPSA) is 30.7 Å². The van der Waals surface area contributed by atoms with Crippen LogP contribution in [0.4, 0.5) is 8.78 Å². The average molecular weight is 373 g/mol. The molecule has 0 unspecified atom stereocenters. The minimum absolute atomic E-state index is 0.0763. The molecule has 0 aliphatic carbocycles. The lowest BCUT2D eigenvalue weighted by molar-refractivity contribution is 0.504. The van der Waals surface area contributed by atoms with Gasteiger partial charge >= 0.3 is 0 Å². The van der Waals surface area contributed by atoms with Gasteiger partial charge in [0.2, 0.25) is 0 Å². The van der Waals surface area contributed by atoms with Crippen LogP contribution >= 0.6 is 27.5 Å². The Kier molecular flexibility index (Phi) is 3.91. The average Bonchev–Trinajstić information content (AvgIpc) is 2.79. The van der Waals surface area contributed by atoms with Crippen molar-refractivity contribution in [2.75, 3.05) is 5.88 Å². The zero-order valence-electron chi connectivity index (χ0n) is 10.7. The van der Waals surface area contributed by atoms with Gasteiger partial charge in [-0.1, -0.05) is 6.07 Å². The van der Waals surface area contributed by atoms with Crippen LogP contribution in [0.25, 0.3) is 16.9 Å². The maximum atomic E-state index is 14.1. The summed E-state index contributed by atoms with van der Waals surface area (Å²) in [6.07, 6.45) is 2.01. The standard InChI is InChI=1S/C14H9BrClF2N3/c15-8-6-10-14(19-7-8)21(12(20-10)4-5-16)11-3-1-2-9(17)13(11)18/h1-3,6-7H,4-5H2. The summed E-state index contributed by atoms with van der Waals surface area (Å²) in [5.74, 6) is -0.989. The predicted molar refractivity (Wildman–Crippen MR) is 80.9 cm³/mol. The van der Waals surface area contributed by atoms with Gasteiger partial charge in [0.05, 0.1) is 5.69 Å². The summed E-state index contributed by atoms with van der Waals surface area (Å²) >= 11 is 9.09. The van der Waals surface area contributed by atoms with Crippen LogP contribution in [-0.4, -0.2) is 20.4 Å². The molecule has 3 rings (SSSR count). The van der Waals surface area contributed by atoms with Crippen molar-refractivity contribution in [1.29, 1.82) is 0 Å². The summed E-state index contributed by atoms with van der Waals surface area (Å²) in [6, 6.07) is 5.78. The van der Waals surface area contributed by atoms with Crippen LogP contribution in [-0.2, 0) is 6.42 Å². The molecule has 0 saturated carbocycles. The van der Waals surface area contributed by atoms with Crippen LogP contribution in [0.1, 0.15) is 5.82 Å². The molecule has 0 aliphatic rings. The largest absolute Gasteiger partial charge is 0.278 e. The number of pyridine rings is 1. The SMILES string of the molecule is Fc1cccc(-n2c(CCCl)nc3cc(Br)cnc32)c1F. The first-order valence-electron chi connectivity index (χ1n) is 6.15. The Morgan fingerprint density at radius 3 is 2.86 bits per heavy atom. The monoisotopic (exact) mass is 371 g/mol. The van der Waals surface area contributed by atoms with Crippen molar-refractivity contribution in [3.05, 3.63) is 52.4 Å². The van der Waals surface area contributed by atoms with Crippen LogP contribution in [0, 0.1) is 11.6 Å². The fourth-order valence-corrected chi connectivity index (χ4v) is 2.65. The summed E-state index contributed by atoms with van der Waals surface area (Å²) in [5.41, 5.74) is 1.13. The van der Waals surface area contributed by atoms with Crippen LogP contribution in [0.5, 0.6) is 0 Å². The van der Waals surface area contributed by atoms with Crippen molar-refractivity contribution < 1.29 is 8.78 Å². The highest BCUT2D eigenvalue weighted by Crippen LogP contribution is 2.25. The van der Waals surface area contributed by atoms with E-state index < -0.39 is 11.6 Å². The third-order valence-corrected chi connectivity index (χ3v) is 3.65. The summed E-state index contributed by atoms with van der Waals surface area (Å²) < 4.78 is 29.9. The first-order valence-corrected chi connectivity index (χ1v) is 7.48. The quantitative estimate of drug-likeness (QED) is 0.644. The Labute approximate surface area is 132 Å². The number of nitrogens with zero attached hydrogens (tertiary/aromatic N) is 3. The maximum absolute atomic E-state index is 14.1. The Morgan fingerprint density at radius 1 is 1.29 bits per heavy atom. The van der Waals surface area contributed by atoms with Gasteiger partial charge < -0.3 is 0 Å². The molecule has 108 valence electrons. The van der Waals surface area contributed by atoms with Gasteiger partial charge in [0.1, 0.15) is 11.3 Å². The Balaban J connectivity index is 2.33. The van der Waals surface area contributed by atoms with E-state index in [-0.39, 0.29) is 5.69 Å². The molecule has 0 bridgehead atoms. The lowest BCUT2D eigenvalue weighted by Crippen LogP contribution is -2.06. The van der Waals surface area contributed by atoms with Crippen molar-refractivity contribution in [2.45, 2.75) is 6.42 Å². The number of fused-ring (bicyclic) bond motifs is 1. The number of aromatic nitrogens is 3. The van der Waals surface area contributed by atoms with Gasteiger partial charge in [-0.2, -0.15) is 0 Å². The van der Waals surface area contributed by atoms with Crippen LogP contribution in [0.15, 0.2) is 34.9 Å². The van der Waals surface area contributed by atoms with E-state index in [2.05, 4.69) is 25.9 Å². The van der Waals surface area contributed by atoms with E-state index in [1.165, 1.54) is 16.7 Å². The third kappa shape index (κ3) is 2.53. The molecule has 0 radical (unpaired) electrons. The third-order valence-electron chi connectivity index (χ3n) is 3.02. The number of aryl methyl sites for hydroxylation is 1. The normalized spacial score (nSPS) is 11.2. The molecule has 0 aliphatic heterocycles. The van der Waals surface area contributed by atoms with Gasteiger partial charge in [-0.15, -0.1) is 11.6 Å². The van der Waals surface area contributed by atoms with Crippen LogP contribution in [0.2, 0.25) is 0 Å². The molecular formula is C14H9BrClF2N3. The predicted octanol–water partition coefficient (Wildman–Crippen LogP) is 4.24. The number of hydrogen-bond donors (Lipinski definition) is 0. The Bertz CT molecular complexity index is 819. The zero-order chi connectivity index (χ0) is 15.0. The lowest BCUT2D eigenvalue weighted by Gasteiger charge is -2.09.